The van der Waals surface area contributed by atoms with Crippen molar-refractivity contribution in [1.82, 2.24) is 14.8 Å². The molecule has 2 N–H and O–H groups in total. The van der Waals surface area contributed by atoms with Gasteiger partial charge < -0.3 is 5.73 Å². The number of halogens is 5. The maximum atomic E-state index is 14.8. The second-order valence-corrected chi connectivity index (χ2v) is 11.0. The normalized spacial score (nSPS) is 18.8. The highest BCUT2D eigenvalue weighted by atomic mass is 19.3. The molecule has 1 fully saturated rings. The van der Waals surface area contributed by atoms with Gasteiger partial charge in [-0.15, -0.1) is 0 Å². The molecule has 1 amide bonds. The Morgan fingerprint density at radius 2 is 1.83 bits per heavy atom. The van der Waals surface area contributed by atoms with Crippen molar-refractivity contribution in [3.63, 3.8) is 0 Å². The van der Waals surface area contributed by atoms with Crippen LogP contribution in [0.5, 0.6) is 0 Å². The summed E-state index contributed by atoms with van der Waals surface area (Å²) < 4.78 is 73.3. The molecule has 0 bridgehead atoms. The number of primary amides is 1. The summed E-state index contributed by atoms with van der Waals surface area (Å²) in [5, 5.41) is 4.25. The van der Waals surface area contributed by atoms with Crippen molar-refractivity contribution >= 4 is 11.7 Å². The number of amides is 1. The van der Waals surface area contributed by atoms with E-state index in [4.69, 9.17) is 5.73 Å². The van der Waals surface area contributed by atoms with Gasteiger partial charge in [0.1, 0.15) is 17.5 Å². The van der Waals surface area contributed by atoms with Crippen LogP contribution in [-0.2, 0) is 23.7 Å². The number of nitrogens with two attached hydrogens (primary N) is 1. The Morgan fingerprint density at radius 1 is 1.10 bits per heavy atom. The van der Waals surface area contributed by atoms with Gasteiger partial charge in [-0.05, 0) is 61.2 Å². The second kappa shape index (κ2) is 10.1. The monoisotopic (exact) mass is 580 g/mol. The average Bonchev–Trinajstić information content (AvgIpc) is 3.60. The quantitative estimate of drug-likeness (QED) is 0.247. The Morgan fingerprint density at radius 3 is 2.55 bits per heavy atom. The van der Waals surface area contributed by atoms with E-state index in [-0.39, 0.29) is 53.5 Å². The minimum atomic E-state index is -2.98. The molecule has 4 aromatic rings. The standard InChI is InChI=1S/C31H25F5N4O2/c1-15-27-29(23-13-25(23)31(27,35)36)40(39-15)14-21(41)10-18(7-16-8-19(32)12-20(33)9-16)28-22(3-2-6-38-28)17-4-5-26(34)24(11-17)30(37)42/h2-6,8-9,11-12,18,23,25H,7,10,13-14H2,1H3,(H2,37,42)/t18-,23?,25?/m1/s1. The summed E-state index contributed by atoms with van der Waals surface area (Å²) >= 11 is 0. The molecule has 2 aliphatic carbocycles. The molecule has 2 heterocycles. The lowest BCUT2D eigenvalue weighted by atomic mass is 9.86. The summed E-state index contributed by atoms with van der Waals surface area (Å²) in [6.07, 6.45) is 1.67. The van der Waals surface area contributed by atoms with Crippen LogP contribution in [0.1, 0.15) is 63.2 Å². The number of hydrogen-bond acceptors (Lipinski definition) is 4. The van der Waals surface area contributed by atoms with E-state index in [9.17, 15) is 31.5 Å². The zero-order chi connectivity index (χ0) is 29.9. The van der Waals surface area contributed by atoms with Crippen molar-refractivity contribution in [3.05, 3.63) is 106 Å². The topological polar surface area (TPSA) is 90.9 Å². The number of aryl methyl sites for hydroxylation is 1. The van der Waals surface area contributed by atoms with E-state index in [0.29, 0.717) is 28.9 Å². The van der Waals surface area contributed by atoms with Gasteiger partial charge in [0.2, 0.25) is 0 Å². The zero-order valence-corrected chi connectivity index (χ0v) is 22.4. The minimum Gasteiger partial charge on any atom is -0.366 e. The Kier molecular flexibility index (Phi) is 6.70. The van der Waals surface area contributed by atoms with Crippen LogP contribution in [0.4, 0.5) is 22.0 Å². The summed E-state index contributed by atoms with van der Waals surface area (Å²) in [7, 11) is 0. The minimum absolute atomic E-state index is 0.00726. The van der Waals surface area contributed by atoms with E-state index < -0.39 is 41.1 Å². The van der Waals surface area contributed by atoms with Crippen LogP contribution in [0.15, 0.2) is 54.7 Å². The SMILES string of the molecule is Cc1nn(CC(=O)C[C@@H](Cc2cc(F)cc(F)c2)c2ncccc2-c2ccc(F)c(C(N)=O)c2)c2c1C(F)(F)C1CC21. The molecule has 0 aliphatic heterocycles. The molecule has 2 aromatic heterocycles. The van der Waals surface area contributed by atoms with Gasteiger partial charge in [-0.2, -0.15) is 5.10 Å². The lowest BCUT2D eigenvalue weighted by molar-refractivity contribution is -0.120. The molecular formula is C31H25F5N4O2. The number of aromatic nitrogens is 3. The number of ketones is 1. The largest absolute Gasteiger partial charge is 0.366 e. The molecule has 11 heteroatoms. The first-order chi connectivity index (χ1) is 19.9. The molecule has 0 saturated heterocycles. The van der Waals surface area contributed by atoms with Gasteiger partial charge in [0.25, 0.3) is 11.8 Å². The van der Waals surface area contributed by atoms with Crippen LogP contribution < -0.4 is 5.73 Å². The van der Waals surface area contributed by atoms with Crippen LogP contribution in [0, 0.1) is 30.3 Å². The summed E-state index contributed by atoms with van der Waals surface area (Å²) in [6.45, 7) is 1.25. The Hall–Kier alpha value is -4.41. The number of nitrogens with zero attached hydrogens (tertiary/aromatic N) is 3. The first-order valence-electron chi connectivity index (χ1n) is 13.4. The molecule has 6 nitrogen and oxygen atoms in total. The third kappa shape index (κ3) is 4.86. The zero-order valence-electron chi connectivity index (χ0n) is 22.4. The molecule has 1 saturated carbocycles. The highest BCUT2D eigenvalue weighted by Crippen LogP contribution is 2.67. The van der Waals surface area contributed by atoms with Crippen LogP contribution in [-0.4, -0.2) is 26.5 Å². The smallest absolute Gasteiger partial charge is 0.280 e. The number of rotatable bonds is 9. The van der Waals surface area contributed by atoms with Crippen molar-refractivity contribution in [3.8, 4) is 11.1 Å². The number of fused-ring (bicyclic) bond motifs is 3. The average molecular weight is 581 g/mol. The van der Waals surface area contributed by atoms with E-state index in [1.165, 1.54) is 29.9 Å². The first kappa shape index (κ1) is 27.7. The highest BCUT2D eigenvalue weighted by molar-refractivity contribution is 5.94. The van der Waals surface area contributed by atoms with Gasteiger partial charge in [-0.3, -0.25) is 19.3 Å². The van der Waals surface area contributed by atoms with Gasteiger partial charge in [-0.1, -0.05) is 12.1 Å². The van der Waals surface area contributed by atoms with E-state index in [0.717, 1.165) is 24.3 Å². The van der Waals surface area contributed by atoms with Crippen molar-refractivity contribution in [2.24, 2.45) is 11.7 Å². The van der Waals surface area contributed by atoms with Gasteiger partial charge >= 0.3 is 0 Å². The molecule has 0 radical (unpaired) electrons. The van der Waals surface area contributed by atoms with Crippen LogP contribution in [0.25, 0.3) is 11.1 Å². The lowest BCUT2D eigenvalue weighted by Crippen LogP contribution is -2.19. The van der Waals surface area contributed by atoms with E-state index >= 15 is 0 Å². The van der Waals surface area contributed by atoms with Crippen molar-refractivity contribution in [2.75, 3.05) is 0 Å². The second-order valence-electron chi connectivity index (χ2n) is 11.0. The fourth-order valence-electron chi connectivity index (χ4n) is 6.25. The number of benzene rings is 2. The molecule has 216 valence electrons. The fraction of sp³-hybridized carbons (Fsp3) is 0.290. The molecule has 2 aromatic carbocycles. The number of carbonyl (C=O) groups excluding carboxylic acids is 2. The Bertz CT molecular complexity index is 1730. The summed E-state index contributed by atoms with van der Waals surface area (Å²) in [5.74, 6) is -8.49. The molecule has 42 heavy (non-hydrogen) atoms. The summed E-state index contributed by atoms with van der Waals surface area (Å²) in [5.41, 5.74) is 6.99. The molecule has 0 spiro atoms. The van der Waals surface area contributed by atoms with Crippen LogP contribution >= 0.6 is 0 Å². The van der Waals surface area contributed by atoms with E-state index in [1.54, 1.807) is 12.1 Å². The predicted molar refractivity (Wildman–Crippen MR) is 142 cm³/mol. The summed E-state index contributed by atoms with van der Waals surface area (Å²) in [6, 6.07) is 10.2. The number of carbonyl (C=O) groups is 2. The molecule has 6 rings (SSSR count). The predicted octanol–water partition coefficient (Wildman–Crippen LogP) is 5.96. The maximum absolute atomic E-state index is 14.8. The Balaban J connectivity index is 1.36. The van der Waals surface area contributed by atoms with Gasteiger partial charge in [0, 0.05) is 42.0 Å². The van der Waals surface area contributed by atoms with Crippen LogP contribution in [0.2, 0.25) is 0 Å². The number of alkyl halides is 2. The van der Waals surface area contributed by atoms with Gasteiger partial charge in [-0.25, -0.2) is 22.0 Å². The maximum Gasteiger partial charge on any atom is 0.280 e. The van der Waals surface area contributed by atoms with Crippen molar-refractivity contribution in [2.45, 2.75) is 50.5 Å². The lowest BCUT2D eigenvalue weighted by Gasteiger charge is -2.20. The van der Waals surface area contributed by atoms with E-state index in [2.05, 4.69) is 10.1 Å². The van der Waals surface area contributed by atoms with Gasteiger partial charge in [0.05, 0.1) is 34.8 Å². The third-order valence-electron chi connectivity index (χ3n) is 8.08. The molecule has 3 atom stereocenters. The third-order valence-corrected chi connectivity index (χ3v) is 8.08. The highest BCUT2D eigenvalue weighted by Gasteiger charge is 2.66. The Labute approximate surface area is 237 Å². The van der Waals surface area contributed by atoms with Crippen LogP contribution in [0.3, 0.4) is 0 Å². The number of hydrogen-bond donors (Lipinski definition) is 1. The fourth-order valence-corrected chi connectivity index (χ4v) is 6.25. The van der Waals surface area contributed by atoms with Crippen molar-refractivity contribution in [1.29, 1.82) is 0 Å². The molecular weight excluding hydrogens is 555 g/mol. The molecule has 2 unspecified atom stereocenters. The molecule has 2 aliphatic rings. The van der Waals surface area contributed by atoms with E-state index in [1.807, 2.05) is 0 Å². The van der Waals surface area contributed by atoms with Gasteiger partial charge in [0.15, 0.2) is 5.78 Å². The number of pyridine rings is 1. The summed E-state index contributed by atoms with van der Waals surface area (Å²) in [4.78, 5) is 29.8. The number of Topliss-reactive ketones (excluding diaryl/α,β-unsaturated/α-hetero) is 1. The first-order valence-corrected chi connectivity index (χ1v) is 13.4. The van der Waals surface area contributed by atoms with Crippen molar-refractivity contribution < 1.29 is 31.5 Å².